The molecule has 28 heavy (non-hydrogen) atoms. The number of ether oxygens (including phenoxy) is 1. The zero-order chi connectivity index (χ0) is 19.9. The van der Waals surface area contributed by atoms with Crippen molar-refractivity contribution in [2.45, 2.75) is 19.3 Å². The van der Waals surface area contributed by atoms with Crippen molar-refractivity contribution in [1.82, 2.24) is 5.32 Å². The van der Waals surface area contributed by atoms with Crippen LogP contribution in [0.3, 0.4) is 0 Å². The van der Waals surface area contributed by atoms with Gasteiger partial charge in [-0.1, -0.05) is 18.2 Å². The van der Waals surface area contributed by atoms with Crippen LogP contribution in [0.2, 0.25) is 0 Å². The second-order valence-electron chi connectivity index (χ2n) is 6.67. The van der Waals surface area contributed by atoms with Gasteiger partial charge in [-0.05, 0) is 72.7 Å². The van der Waals surface area contributed by atoms with Crippen LogP contribution >= 0.6 is 0 Å². The number of methoxy groups -OCH3 is 1. The average Bonchev–Trinajstić information content (AvgIpc) is 3.54. The Morgan fingerprint density at radius 1 is 1.25 bits per heavy atom. The molecule has 5 heteroatoms. The number of carbonyl (C=O) groups excluding carboxylic acids is 1. The fourth-order valence-electron chi connectivity index (χ4n) is 2.96. The topological polar surface area (TPSA) is 62.1 Å². The number of amides is 1. The smallest absolute Gasteiger partial charge is 0.211 e. The summed E-state index contributed by atoms with van der Waals surface area (Å²) in [5.41, 5.74) is 2.59. The molecule has 2 aromatic rings. The Bertz CT molecular complexity index is 952. The molecule has 0 aromatic heterocycles. The van der Waals surface area contributed by atoms with Gasteiger partial charge in [0.15, 0.2) is 0 Å². The average molecular weight is 376 g/mol. The van der Waals surface area contributed by atoms with Gasteiger partial charge < -0.3 is 10.1 Å². The molecular weight excluding hydrogens is 355 g/mol. The van der Waals surface area contributed by atoms with Crippen molar-refractivity contribution in [3.05, 3.63) is 77.1 Å². The summed E-state index contributed by atoms with van der Waals surface area (Å²) in [6, 6.07) is 13.6. The Hall–Kier alpha value is -3.39. The van der Waals surface area contributed by atoms with Crippen LogP contribution in [0.1, 0.15) is 36.0 Å². The lowest BCUT2D eigenvalue weighted by Gasteiger charge is -2.14. The predicted octanol–water partition coefficient (Wildman–Crippen LogP) is 4.68. The van der Waals surface area contributed by atoms with Crippen molar-refractivity contribution < 1.29 is 13.9 Å². The van der Waals surface area contributed by atoms with E-state index in [-0.39, 0.29) is 5.56 Å². The van der Waals surface area contributed by atoms with E-state index in [1.54, 1.807) is 25.3 Å². The summed E-state index contributed by atoms with van der Waals surface area (Å²) in [6.45, 7) is 0. The second kappa shape index (κ2) is 9.01. The first-order chi connectivity index (χ1) is 13.7. The van der Waals surface area contributed by atoms with Gasteiger partial charge in [-0.15, -0.1) is 0 Å². The van der Waals surface area contributed by atoms with Gasteiger partial charge in [-0.2, -0.15) is 5.26 Å². The number of nitriles is 1. The van der Waals surface area contributed by atoms with E-state index in [0.717, 1.165) is 12.0 Å². The molecular formula is C23H21FN2O2. The lowest BCUT2D eigenvalue weighted by atomic mass is 9.97. The number of nitrogens with one attached hydrogen (secondary N) is 1. The number of carbonyl (C=O) groups is 1. The van der Waals surface area contributed by atoms with E-state index in [4.69, 9.17) is 10.00 Å². The highest BCUT2D eigenvalue weighted by Crippen LogP contribution is 2.34. The maximum Gasteiger partial charge on any atom is 0.211 e. The quantitative estimate of drug-likeness (QED) is 0.413. The highest BCUT2D eigenvalue weighted by atomic mass is 19.1. The molecule has 0 heterocycles. The SMILES string of the molecule is COc1ccc(/C(NC=O)=C(/C=C\CC2CC2)c2ccc(C#N)c(F)c2)cc1. The number of halogens is 1. The molecule has 4 nitrogen and oxygen atoms in total. The van der Waals surface area contributed by atoms with Gasteiger partial charge in [0, 0.05) is 5.57 Å². The summed E-state index contributed by atoms with van der Waals surface area (Å²) in [4.78, 5) is 11.3. The maximum atomic E-state index is 14.2. The summed E-state index contributed by atoms with van der Waals surface area (Å²) in [5, 5.41) is 11.7. The summed E-state index contributed by atoms with van der Waals surface area (Å²) in [6.07, 6.45) is 7.97. The first-order valence-corrected chi connectivity index (χ1v) is 9.11. The zero-order valence-electron chi connectivity index (χ0n) is 15.6. The second-order valence-corrected chi connectivity index (χ2v) is 6.67. The maximum absolute atomic E-state index is 14.2. The van der Waals surface area contributed by atoms with E-state index in [1.807, 2.05) is 24.3 Å². The number of nitrogens with zero attached hydrogens (tertiary/aromatic N) is 1. The van der Waals surface area contributed by atoms with Crippen LogP contribution in [0.5, 0.6) is 5.75 Å². The van der Waals surface area contributed by atoms with E-state index in [0.29, 0.717) is 34.9 Å². The van der Waals surface area contributed by atoms with Crippen LogP contribution in [0.4, 0.5) is 4.39 Å². The molecule has 1 fully saturated rings. The van der Waals surface area contributed by atoms with Crippen molar-refractivity contribution in [3.63, 3.8) is 0 Å². The van der Waals surface area contributed by atoms with E-state index in [1.165, 1.54) is 25.0 Å². The van der Waals surface area contributed by atoms with Gasteiger partial charge in [0.2, 0.25) is 6.41 Å². The molecule has 2 aromatic carbocycles. The van der Waals surface area contributed by atoms with Crippen molar-refractivity contribution in [2.24, 2.45) is 5.92 Å². The molecule has 0 bridgehead atoms. The first kappa shape index (κ1) is 19.4. The Morgan fingerprint density at radius 3 is 2.54 bits per heavy atom. The minimum absolute atomic E-state index is 0.0144. The van der Waals surface area contributed by atoms with Gasteiger partial charge in [-0.25, -0.2) is 4.39 Å². The van der Waals surface area contributed by atoms with Crippen LogP contribution in [0.25, 0.3) is 11.3 Å². The van der Waals surface area contributed by atoms with Crippen molar-refractivity contribution in [2.75, 3.05) is 7.11 Å². The van der Waals surface area contributed by atoms with Gasteiger partial charge in [0.1, 0.15) is 17.6 Å². The number of benzene rings is 2. The molecule has 1 aliphatic rings. The third-order valence-corrected chi connectivity index (χ3v) is 4.70. The van der Waals surface area contributed by atoms with E-state index in [9.17, 15) is 9.18 Å². The third-order valence-electron chi connectivity index (χ3n) is 4.70. The standard InChI is InChI=1S/C23H21FN2O2/c1-28-20-11-9-17(10-12-20)23(26-15-27)21(4-2-3-16-5-6-16)18-7-8-19(14-25)22(24)13-18/h2,4,7-13,15-16H,3,5-6H2,1H3,(H,26,27)/b4-2-,23-21+. The Balaban J connectivity index is 2.11. The Kier molecular flexibility index (Phi) is 6.23. The third kappa shape index (κ3) is 4.66. The van der Waals surface area contributed by atoms with Gasteiger partial charge in [0.05, 0.1) is 18.4 Å². The van der Waals surface area contributed by atoms with Crippen LogP contribution in [-0.2, 0) is 4.79 Å². The van der Waals surface area contributed by atoms with E-state index in [2.05, 4.69) is 11.4 Å². The molecule has 142 valence electrons. The highest BCUT2D eigenvalue weighted by Gasteiger charge is 2.19. The number of hydrogen-bond acceptors (Lipinski definition) is 3. The first-order valence-electron chi connectivity index (χ1n) is 9.11. The molecule has 0 radical (unpaired) electrons. The van der Waals surface area contributed by atoms with E-state index < -0.39 is 5.82 Å². The highest BCUT2D eigenvalue weighted by molar-refractivity contribution is 5.97. The molecule has 0 aliphatic heterocycles. The lowest BCUT2D eigenvalue weighted by molar-refractivity contribution is -0.108. The molecule has 3 rings (SSSR count). The number of hydrogen-bond donors (Lipinski definition) is 1. The summed E-state index contributed by atoms with van der Waals surface area (Å²) >= 11 is 0. The number of allylic oxidation sites excluding steroid dienone is 3. The van der Waals surface area contributed by atoms with Gasteiger partial charge in [-0.3, -0.25) is 4.79 Å². The minimum atomic E-state index is -0.590. The normalized spacial score (nSPS) is 14.3. The summed E-state index contributed by atoms with van der Waals surface area (Å²) in [7, 11) is 1.58. The predicted molar refractivity (Wildman–Crippen MR) is 107 cm³/mol. The fraction of sp³-hybridized carbons (Fsp3) is 0.217. The van der Waals surface area contributed by atoms with Crippen molar-refractivity contribution >= 4 is 17.7 Å². The summed E-state index contributed by atoms with van der Waals surface area (Å²) < 4.78 is 19.4. The van der Waals surface area contributed by atoms with Crippen molar-refractivity contribution in [1.29, 1.82) is 5.26 Å². The molecule has 1 saturated carbocycles. The van der Waals surface area contributed by atoms with Crippen LogP contribution in [0.15, 0.2) is 54.6 Å². The molecule has 0 unspecified atom stereocenters. The zero-order valence-corrected chi connectivity index (χ0v) is 15.6. The molecule has 1 N–H and O–H groups in total. The number of rotatable bonds is 8. The van der Waals surface area contributed by atoms with E-state index >= 15 is 0 Å². The fourth-order valence-corrected chi connectivity index (χ4v) is 2.96. The Morgan fingerprint density at radius 2 is 1.96 bits per heavy atom. The van der Waals surface area contributed by atoms with Crippen LogP contribution < -0.4 is 10.1 Å². The molecule has 0 atom stereocenters. The largest absolute Gasteiger partial charge is 0.497 e. The molecule has 1 amide bonds. The monoisotopic (exact) mass is 376 g/mol. The molecule has 0 saturated heterocycles. The van der Waals surface area contributed by atoms with Crippen LogP contribution in [0, 0.1) is 23.1 Å². The lowest BCUT2D eigenvalue weighted by Crippen LogP contribution is -2.11. The minimum Gasteiger partial charge on any atom is -0.497 e. The molecule has 1 aliphatic carbocycles. The van der Waals surface area contributed by atoms with Crippen LogP contribution in [-0.4, -0.2) is 13.5 Å². The summed E-state index contributed by atoms with van der Waals surface area (Å²) in [5.74, 6) is 0.816. The van der Waals surface area contributed by atoms with Gasteiger partial charge >= 0.3 is 0 Å². The Labute approximate surface area is 164 Å². The van der Waals surface area contributed by atoms with Gasteiger partial charge in [0.25, 0.3) is 0 Å². The molecule has 0 spiro atoms. The van der Waals surface area contributed by atoms with Crippen molar-refractivity contribution in [3.8, 4) is 11.8 Å².